The molecule has 1 aliphatic heterocycles. The van der Waals surface area contributed by atoms with E-state index in [2.05, 4.69) is 0 Å². The van der Waals surface area contributed by atoms with Crippen molar-refractivity contribution in [3.8, 4) is 0 Å². The van der Waals surface area contributed by atoms with E-state index in [1.165, 1.54) is 5.17 Å². The van der Waals surface area contributed by atoms with Gasteiger partial charge in [0, 0.05) is 6.54 Å². The van der Waals surface area contributed by atoms with Crippen LogP contribution in [0, 0.1) is 0 Å². The van der Waals surface area contributed by atoms with Gasteiger partial charge in [-0.2, -0.15) is 0 Å². The first-order valence-electron chi connectivity index (χ1n) is 2.05. The number of nitrogens with zero attached hydrogens (tertiary/aromatic N) is 1. The average molecular weight is 88.1 g/mol. The quantitative estimate of drug-likeness (QED) is 0.405. The summed E-state index contributed by atoms with van der Waals surface area (Å²) in [6.07, 6.45) is 1.07. The molecule has 3 nitrogen and oxygen atoms in total. The van der Waals surface area contributed by atoms with Gasteiger partial charge in [0.25, 0.3) is 0 Å². The molecule has 36 valence electrons. The van der Waals surface area contributed by atoms with Crippen LogP contribution >= 0.6 is 0 Å². The lowest BCUT2D eigenvalue weighted by molar-refractivity contribution is -0.111. The Morgan fingerprint density at radius 2 is 2.50 bits per heavy atom. The third kappa shape index (κ3) is 0.680. The summed E-state index contributed by atoms with van der Waals surface area (Å²) in [6, 6.07) is 0. The largest absolute Gasteiger partial charge is 0.284 e. The molecular formula is C3H8N2O. The summed E-state index contributed by atoms with van der Waals surface area (Å²) >= 11 is 0. The fourth-order valence-electron chi connectivity index (χ4n) is 0.467. The molecule has 1 heterocycles. The van der Waals surface area contributed by atoms with Crippen LogP contribution in [0.5, 0.6) is 0 Å². The van der Waals surface area contributed by atoms with E-state index < -0.39 is 0 Å². The second kappa shape index (κ2) is 1.55. The Hall–Kier alpha value is -0.120. The van der Waals surface area contributed by atoms with Crippen LogP contribution in [0.4, 0.5) is 0 Å². The molecule has 0 aliphatic carbocycles. The van der Waals surface area contributed by atoms with Crippen molar-refractivity contribution in [1.82, 2.24) is 5.17 Å². The van der Waals surface area contributed by atoms with E-state index in [1.54, 1.807) is 0 Å². The highest BCUT2D eigenvalue weighted by molar-refractivity contribution is 4.42. The predicted octanol–water partition coefficient (Wildman–Crippen LogP) is -0.503. The standard InChI is InChI=1S/C3H8N2O/c4-5-2-1-3-6-5/h1-4H2. The summed E-state index contributed by atoms with van der Waals surface area (Å²) in [6.45, 7) is 1.66. The Bertz CT molecular complexity index is 42.1. The second-order valence-electron chi connectivity index (χ2n) is 1.33. The minimum Gasteiger partial charge on any atom is -0.284 e. The average Bonchev–Trinajstić information content (AvgIpc) is 1.86. The van der Waals surface area contributed by atoms with E-state index >= 15 is 0 Å². The van der Waals surface area contributed by atoms with Crippen LogP contribution in [-0.4, -0.2) is 18.3 Å². The van der Waals surface area contributed by atoms with Gasteiger partial charge in [0.05, 0.1) is 6.61 Å². The number of hydrogen-bond donors (Lipinski definition) is 1. The van der Waals surface area contributed by atoms with Crippen LogP contribution in [-0.2, 0) is 4.84 Å². The second-order valence-corrected chi connectivity index (χ2v) is 1.33. The molecule has 0 amide bonds. The van der Waals surface area contributed by atoms with Gasteiger partial charge in [-0.3, -0.25) is 4.84 Å². The van der Waals surface area contributed by atoms with E-state index in [1.807, 2.05) is 0 Å². The molecule has 3 heteroatoms. The molecule has 0 saturated carbocycles. The van der Waals surface area contributed by atoms with Gasteiger partial charge in [-0.25, -0.2) is 5.84 Å². The van der Waals surface area contributed by atoms with Crippen molar-refractivity contribution >= 4 is 0 Å². The van der Waals surface area contributed by atoms with Crippen molar-refractivity contribution in [2.45, 2.75) is 6.42 Å². The van der Waals surface area contributed by atoms with Crippen LogP contribution < -0.4 is 5.84 Å². The molecule has 0 bridgehead atoms. The SMILES string of the molecule is NN1CCCO1. The molecule has 0 aromatic carbocycles. The van der Waals surface area contributed by atoms with Gasteiger partial charge < -0.3 is 0 Å². The monoisotopic (exact) mass is 88.1 g/mol. The van der Waals surface area contributed by atoms with E-state index in [0.29, 0.717) is 0 Å². The third-order valence-corrected chi connectivity index (χ3v) is 0.780. The first kappa shape index (κ1) is 4.05. The van der Waals surface area contributed by atoms with Crippen molar-refractivity contribution in [3.63, 3.8) is 0 Å². The van der Waals surface area contributed by atoms with E-state index in [-0.39, 0.29) is 0 Å². The zero-order valence-corrected chi connectivity index (χ0v) is 3.55. The van der Waals surface area contributed by atoms with Crippen molar-refractivity contribution < 1.29 is 4.84 Å². The molecule has 1 fully saturated rings. The number of hydrogen-bond acceptors (Lipinski definition) is 3. The highest BCUT2D eigenvalue weighted by Gasteiger charge is 2.04. The highest BCUT2D eigenvalue weighted by Crippen LogP contribution is 1.95. The van der Waals surface area contributed by atoms with E-state index in [0.717, 1.165) is 19.6 Å². The topological polar surface area (TPSA) is 38.5 Å². The smallest absolute Gasteiger partial charge is 0.0715 e. The fourth-order valence-corrected chi connectivity index (χ4v) is 0.467. The van der Waals surface area contributed by atoms with Gasteiger partial charge in [-0.15, -0.1) is 5.17 Å². The normalized spacial score (nSPS) is 25.5. The molecule has 1 aliphatic rings. The summed E-state index contributed by atoms with van der Waals surface area (Å²) in [5.41, 5.74) is 0. The zero-order valence-electron chi connectivity index (χ0n) is 3.55. The van der Waals surface area contributed by atoms with Crippen LogP contribution in [0.2, 0.25) is 0 Å². The molecule has 0 spiro atoms. The maximum absolute atomic E-state index is 5.15. The molecule has 0 aromatic heterocycles. The maximum Gasteiger partial charge on any atom is 0.0715 e. The summed E-state index contributed by atoms with van der Waals surface area (Å²) in [4.78, 5) is 4.76. The minimum absolute atomic E-state index is 0.788. The van der Waals surface area contributed by atoms with E-state index in [9.17, 15) is 0 Å². The minimum atomic E-state index is 0.788. The molecular weight excluding hydrogens is 80.0 g/mol. The highest BCUT2D eigenvalue weighted by atomic mass is 16.7. The summed E-state index contributed by atoms with van der Waals surface area (Å²) in [5.74, 6) is 5.15. The van der Waals surface area contributed by atoms with Crippen molar-refractivity contribution in [1.29, 1.82) is 0 Å². The van der Waals surface area contributed by atoms with Crippen LogP contribution in [0.25, 0.3) is 0 Å². The summed E-state index contributed by atoms with van der Waals surface area (Å²) in [7, 11) is 0. The maximum atomic E-state index is 5.15. The lowest BCUT2D eigenvalue weighted by atomic mass is 10.5. The zero-order chi connectivity index (χ0) is 4.41. The van der Waals surface area contributed by atoms with Crippen LogP contribution in [0.15, 0.2) is 0 Å². The molecule has 1 rings (SSSR count). The van der Waals surface area contributed by atoms with E-state index in [4.69, 9.17) is 10.7 Å². The number of hydroxylamine groups is 1. The van der Waals surface area contributed by atoms with Crippen molar-refractivity contribution in [2.75, 3.05) is 13.2 Å². The Labute approximate surface area is 36.6 Å². The number of nitrogens with two attached hydrogens (primary N) is 1. The Balaban J connectivity index is 2.18. The Kier molecular flexibility index (Phi) is 1.05. The Morgan fingerprint density at radius 1 is 1.67 bits per heavy atom. The number of rotatable bonds is 0. The molecule has 0 unspecified atom stereocenters. The lowest BCUT2D eigenvalue weighted by Gasteiger charge is -2.00. The third-order valence-electron chi connectivity index (χ3n) is 0.780. The lowest BCUT2D eigenvalue weighted by Crippen LogP contribution is -2.25. The van der Waals surface area contributed by atoms with Crippen LogP contribution in [0.1, 0.15) is 6.42 Å². The van der Waals surface area contributed by atoms with Crippen molar-refractivity contribution in [3.05, 3.63) is 0 Å². The van der Waals surface area contributed by atoms with Gasteiger partial charge in [0.2, 0.25) is 0 Å². The molecule has 1 saturated heterocycles. The summed E-state index contributed by atoms with van der Waals surface area (Å²) < 4.78 is 0. The van der Waals surface area contributed by atoms with Gasteiger partial charge in [-0.1, -0.05) is 0 Å². The van der Waals surface area contributed by atoms with Gasteiger partial charge in [-0.05, 0) is 6.42 Å². The number of hydrazine groups is 1. The predicted molar refractivity (Wildman–Crippen MR) is 21.5 cm³/mol. The summed E-state index contributed by atoms with van der Waals surface area (Å²) in [5, 5.41) is 1.36. The molecule has 2 N–H and O–H groups in total. The fraction of sp³-hybridized carbons (Fsp3) is 1.00. The van der Waals surface area contributed by atoms with Crippen molar-refractivity contribution in [2.24, 2.45) is 5.84 Å². The first-order valence-corrected chi connectivity index (χ1v) is 2.05. The molecule has 0 aromatic rings. The molecule has 0 atom stereocenters. The Morgan fingerprint density at radius 3 is 2.67 bits per heavy atom. The first-order chi connectivity index (χ1) is 2.89. The van der Waals surface area contributed by atoms with Crippen LogP contribution in [0.3, 0.4) is 0 Å². The van der Waals surface area contributed by atoms with Gasteiger partial charge >= 0.3 is 0 Å². The molecule has 0 radical (unpaired) electrons. The van der Waals surface area contributed by atoms with Gasteiger partial charge in [0.15, 0.2) is 0 Å². The van der Waals surface area contributed by atoms with Gasteiger partial charge in [0.1, 0.15) is 0 Å². The molecule has 6 heavy (non-hydrogen) atoms.